The largest absolute Gasteiger partial charge is 0.496 e. The van der Waals surface area contributed by atoms with Gasteiger partial charge in [-0.2, -0.15) is 0 Å². The van der Waals surface area contributed by atoms with E-state index in [-0.39, 0.29) is 0 Å². The van der Waals surface area contributed by atoms with Crippen LogP contribution in [0.4, 0.5) is 0 Å². The molecule has 94 valence electrons. The van der Waals surface area contributed by atoms with Crippen molar-refractivity contribution in [3.63, 3.8) is 0 Å². The fraction of sp³-hybridized carbons (Fsp3) is 0.143. The van der Waals surface area contributed by atoms with Crippen molar-refractivity contribution >= 4 is 27.5 Å². The van der Waals surface area contributed by atoms with Crippen molar-refractivity contribution in [2.45, 2.75) is 6.10 Å². The Morgan fingerprint density at radius 3 is 2.61 bits per heavy atom. The van der Waals surface area contributed by atoms with Crippen LogP contribution in [0.1, 0.15) is 17.2 Å². The summed E-state index contributed by atoms with van der Waals surface area (Å²) >= 11 is 9.35. The minimum atomic E-state index is -0.767. The third-order valence-electron chi connectivity index (χ3n) is 2.63. The molecule has 0 saturated heterocycles. The third-order valence-corrected chi connectivity index (χ3v) is 3.31. The number of methoxy groups -OCH3 is 1. The molecule has 2 aromatic carbocycles. The van der Waals surface area contributed by atoms with Crippen molar-refractivity contribution in [2.75, 3.05) is 7.11 Å². The van der Waals surface area contributed by atoms with Gasteiger partial charge >= 0.3 is 0 Å². The maximum absolute atomic E-state index is 10.4. The Bertz CT molecular complexity index is 537. The molecule has 0 aliphatic heterocycles. The van der Waals surface area contributed by atoms with E-state index in [2.05, 4.69) is 15.9 Å². The molecule has 0 amide bonds. The van der Waals surface area contributed by atoms with Crippen LogP contribution in [0.25, 0.3) is 0 Å². The van der Waals surface area contributed by atoms with Crippen molar-refractivity contribution in [1.82, 2.24) is 0 Å². The third kappa shape index (κ3) is 2.86. The number of halogens is 2. The Morgan fingerprint density at radius 1 is 1.22 bits per heavy atom. The van der Waals surface area contributed by atoms with E-state index in [4.69, 9.17) is 16.3 Å². The first kappa shape index (κ1) is 13.4. The van der Waals surface area contributed by atoms with Crippen LogP contribution >= 0.6 is 27.5 Å². The van der Waals surface area contributed by atoms with Gasteiger partial charge in [-0.05, 0) is 29.8 Å². The highest BCUT2D eigenvalue weighted by Gasteiger charge is 2.15. The average molecular weight is 328 g/mol. The van der Waals surface area contributed by atoms with Gasteiger partial charge in [0.25, 0.3) is 0 Å². The molecule has 0 heterocycles. The van der Waals surface area contributed by atoms with E-state index in [0.717, 1.165) is 10.0 Å². The SMILES string of the molecule is COc1ccccc1C(O)c1cc(Cl)cc(Br)c1. The fourth-order valence-corrected chi connectivity index (χ4v) is 2.69. The van der Waals surface area contributed by atoms with Gasteiger partial charge in [-0.3, -0.25) is 0 Å². The van der Waals surface area contributed by atoms with Crippen LogP contribution in [0.5, 0.6) is 5.75 Å². The van der Waals surface area contributed by atoms with Crippen LogP contribution in [-0.2, 0) is 0 Å². The van der Waals surface area contributed by atoms with Crippen molar-refractivity contribution in [3.8, 4) is 5.75 Å². The summed E-state index contributed by atoms with van der Waals surface area (Å²) in [7, 11) is 1.58. The second-order valence-corrected chi connectivity index (χ2v) is 5.20. The van der Waals surface area contributed by atoms with Crippen molar-refractivity contribution in [2.24, 2.45) is 0 Å². The summed E-state index contributed by atoms with van der Waals surface area (Å²) in [6.45, 7) is 0. The Hall–Kier alpha value is -1.03. The van der Waals surface area contributed by atoms with Gasteiger partial charge in [0.05, 0.1) is 7.11 Å². The van der Waals surface area contributed by atoms with Gasteiger partial charge in [0, 0.05) is 15.1 Å². The number of ether oxygens (including phenoxy) is 1. The van der Waals surface area contributed by atoms with Gasteiger partial charge in [-0.15, -0.1) is 0 Å². The highest BCUT2D eigenvalue weighted by atomic mass is 79.9. The summed E-state index contributed by atoms with van der Waals surface area (Å²) < 4.78 is 6.08. The predicted octanol–water partition coefficient (Wildman–Crippen LogP) is 4.19. The summed E-state index contributed by atoms with van der Waals surface area (Å²) in [4.78, 5) is 0. The lowest BCUT2D eigenvalue weighted by atomic mass is 10.0. The lowest BCUT2D eigenvalue weighted by molar-refractivity contribution is 0.214. The van der Waals surface area contributed by atoms with Gasteiger partial charge in [-0.25, -0.2) is 0 Å². The first-order valence-electron chi connectivity index (χ1n) is 5.39. The lowest BCUT2D eigenvalue weighted by Crippen LogP contribution is -2.02. The molecule has 0 aliphatic carbocycles. The Labute approximate surface area is 119 Å². The Morgan fingerprint density at radius 2 is 1.94 bits per heavy atom. The van der Waals surface area contributed by atoms with Crippen LogP contribution in [0.2, 0.25) is 5.02 Å². The molecule has 2 nitrogen and oxygen atoms in total. The zero-order valence-corrected chi connectivity index (χ0v) is 12.1. The second kappa shape index (κ2) is 5.74. The quantitative estimate of drug-likeness (QED) is 0.916. The Balaban J connectivity index is 2.44. The van der Waals surface area contributed by atoms with Gasteiger partial charge in [0.2, 0.25) is 0 Å². The molecular weight excluding hydrogens is 316 g/mol. The minimum Gasteiger partial charge on any atom is -0.496 e. The van der Waals surface area contributed by atoms with Crippen LogP contribution in [-0.4, -0.2) is 12.2 Å². The standard InChI is InChI=1S/C14H12BrClO2/c1-18-13-5-3-2-4-12(13)14(17)9-6-10(15)8-11(16)7-9/h2-8,14,17H,1H3. The van der Waals surface area contributed by atoms with E-state index in [1.807, 2.05) is 30.3 Å². The van der Waals surface area contributed by atoms with Crippen LogP contribution in [0.15, 0.2) is 46.9 Å². The molecule has 0 spiro atoms. The van der Waals surface area contributed by atoms with Crippen molar-refractivity contribution < 1.29 is 9.84 Å². The maximum atomic E-state index is 10.4. The first-order chi connectivity index (χ1) is 8.61. The van der Waals surface area contributed by atoms with Crippen LogP contribution in [0.3, 0.4) is 0 Å². The summed E-state index contributed by atoms with van der Waals surface area (Å²) in [5.74, 6) is 0.654. The number of hydrogen-bond acceptors (Lipinski definition) is 2. The fourth-order valence-electron chi connectivity index (χ4n) is 1.80. The zero-order chi connectivity index (χ0) is 13.1. The molecule has 0 radical (unpaired) electrons. The van der Waals surface area contributed by atoms with Gasteiger partial charge in [0.15, 0.2) is 0 Å². The van der Waals surface area contributed by atoms with E-state index in [1.165, 1.54) is 0 Å². The van der Waals surface area contributed by atoms with E-state index >= 15 is 0 Å². The van der Waals surface area contributed by atoms with Gasteiger partial charge in [0.1, 0.15) is 11.9 Å². The molecule has 0 aliphatic rings. The molecule has 4 heteroatoms. The first-order valence-corrected chi connectivity index (χ1v) is 6.56. The average Bonchev–Trinajstić information content (AvgIpc) is 2.36. The molecule has 1 unspecified atom stereocenters. The molecule has 0 fully saturated rings. The number of aliphatic hydroxyl groups is 1. The summed E-state index contributed by atoms with van der Waals surface area (Å²) in [6, 6.07) is 12.7. The highest BCUT2D eigenvalue weighted by molar-refractivity contribution is 9.10. The number of para-hydroxylation sites is 1. The Kier molecular flexibility index (Phi) is 4.27. The van der Waals surface area contributed by atoms with Crippen molar-refractivity contribution in [1.29, 1.82) is 0 Å². The van der Waals surface area contributed by atoms with E-state index in [1.54, 1.807) is 19.2 Å². The molecule has 18 heavy (non-hydrogen) atoms. The van der Waals surface area contributed by atoms with E-state index < -0.39 is 6.10 Å². The molecule has 2 rings (SSSR count). The number of aliphatic hydroxyl groups excluding tert-OH is 1. The number of benzene rings is 2. The summed E-state index contributed by atoms with van der Waals surface area (Å²) in [5.41, 5.74) is 1.44. The van der Waals surface area contributed by atoms with Crippen LogP contribution < -0.4 is 4.74 Å². The van der Waals surface area contributed by atoms with Gasteiger partial charge < -0.3 is 9.84 Å². The lowest BCUT2D eigenvalue weighted by Gasteiger charge is -2.15. The molecule has 1 N–H and O–H groups in total. The molecule has 1 atom stereocenters. The van der Waals surface area contributed by atoms with Crippen LogP contribution in [0, 0.1) is 0 Å². The second-order valence-electron chi connectivity index (χ2n) is 3.85. The topological polar surface area (TPSA) is 29.5 Å². The molecule has 0 saturated carbocycles. The monoisotopic (exact) mass is 326 g/mol. The number of rotatable bonds is 3. The normalized spacial score (nSPS) is 12.2. The molecular formula is C14H12BrClO2. The van der Waals surface area contributed by atoms with E-state index in [0.29, 0.717) is 16.3 Å². The summed E-state index contributed by atoms with van der Waals surface area (Å²) in [6.07, 6.45) is -0.767. The highest BCUT2D eigenvalue weighted by Crippen LogP contribution is 2.32. The zero-order valence-electron chi connectivity index (χ0n) is 9.73. The van der Waals surface area contributed by atoms with Gasteiger partial charge in [-0.1, -0.05) is 45.7 Å². The maximum Gasteiger partial charge on any atom is 0.125 e. The smallest absolute Gasteiger partial charge is 0.125 e. The molecule has 0 aromatic heterocycles. The predicted molar refractivity (Wildman–Crippen MR) is 76.2 cm³/mol. The molecule has 0 bridgehead atoms. The van der Waals surface area contributed by atoms with E-state index in [9.17, 15) is 5.11 Å². The van der Waals surface area contributed by atoms with Crippen molar-refractivity contribution in [3.05, 3.63) is 63.1 Å². The number of hydrogen-bond donors (Lipinski definition) is 1. The summed E-state index contributed by atoms with van der Waals surface area (Å²) in [5, 5.41) is 11.0. The molecule has 2 aromatic rings. The minimum absolute atomic E-state index is 0.577.